The Morgan fingerprint density at radius 2 is 2.00 bits per heavy atom. The van der Waals surface area contributed by atoms with Gasteiger partial charge >= 0.3 is 5.69 Å². The highest BCUT2D eigenvalue weighted by atomic mass is 35.5. The third-order valence-electron chi connectivity index (χ3n) is 3.56. The topological polar surface area (TPSA) is 84.6 Å². The molecule has 0 spiro atoms. The van der Waals surface area contributed by atoms with Crippen molar-refractivity contribution in [1.29, 1.82) is 0 Å². The number of ether oxygens (including phenoxy) is 1. The van der Waals surface area contributed by atoms with Crippen molar-refractivity contribution >= 4 is 23.0 Å². The SMILES string of the molecule is CCOc1cccc(NCC(C)(O)c2ccccc2Cl)c1[N+](=O)[O-]. The van der Waals surface area contributed by atoms with Gasteiger partial charge in [-0.2, -0.15) is 0 Å². The normalized spacial score (nSPS) is 13.2. The number of nitro groups is 1. The fourth-order valence-corrected chi connectivity index (χ4v) is 2.73. The highest BCUT2D eigenvalue weighted by Crippen LogP contribution is 2.36. The third kappa shape index (κ3) is 3.96. The zero-order valence-electron chi connectivity index (χ0n) is 13.5. The highest BCUT2D eigenvalue weighted by molar-refractivity contribution is 6.31. The molecule has 0 radical (unpaired) electrons. The molecule has 0 saturated heterocycles. The van der Waals surface area contributed by atoms with Crippen LogP contribution in [0.15, 0.2) is 42.5 Å². The van der Waals surface area contributed by atoms with Crippen LogP contribution in [0.2, 0.25) is 5.02 Å². The molecule has 1 atom stereocenters. The lowest BCUT2D eigenvalue weighted by Crippen LogP contribution is -2.31. The molecule has 0 aliphatic carbocycles. The van der Waals surface area contributed by atoms with Crippen LogP contribution in [0.4, 0.5) is 11.4 Å². The lowest BCUT2D eigenvalue weighted by molar-refractivity contribution is -0.384. The van der Waals surface area contributed by atoms with E-state index < -0.39 is 10.5 Å². The van der Waals surface area contributed by atoms with E-state index in [1.54, 1.807) is 56.3 Å². The summed E-state index contributed by atoms with van der Waals surface area (Å²) in [6.07, 6.45) is 0. The van der Waals surface area contributed by atoms with E-state index in [1.807, 2.05) is 0 Å². The van der Waals surface area contributed by atoms with E-state index in [4.69, 9.17) is 16.3 Å². The van der Waals surface area contributed by atoms with Crippen molar-refractivity contribution in [2.45, 2.75) is 19.4 Å². The summed E-state index contributed by atoms with van der Waals surface area (Å²) in [5.41, 5.74) is -0.635. The van der Waals surface area contributed by atoms with Gasteiger partial charge in [-0.3, -0.25) is 10.1 Å². The van der Waals surface area contributed by atoms with Crippen molar-refractivity contribution in [1.82, 2.24) is 0 Å². The number of anilines is 1. The maximum absolute atomic E-state index is 11.4. The Morgan fingerprint density at radius 3 is 2.62 bits per heavy atom. The maximum atomic E-state index is 11.4. The third-order valence-corrected chi connectivity index (χ3v) is 3.89. The molecule has 0 heterocycles. The van der Waals surface area contributed by atoms with E-state index in [1.165, 1.54) is 0 Å². The molecule has 24 heavy (non-hydrogen) atoms. The molecular formula is C17H19ClN2O4. The van der Waals surface area contributed by atoms with Crippen LogP contribution in [0.1, 0.15) is 19.4 Å². The summed E-state index contributed by atoms with van der Waals surface area (Å²) in [6, 6.07) is 11.7. The second kappa shape index (κ2) is 7.51. The fourth-order valence-electron chi connectivity index (χ4n) is 2.39. The standard InChI is InChI=1S/C17H19ClN2O4/c1-3-24-15-10-6-9-14(16(15)20(22)23)19-11-17(2,21)12-7-4-5-8-13(12)18/h4-10,19,21H,3,11H2,1-2H3. The summed E-state index contributed by atoms with van der Waals surface area (Å²) in [4.78, 5) is 10.9. The molecule has 0 amide bonds. The Morgan fingerprint density at radius 1 is 1.29 bits per heavy atom. The van der Waals surface area contributed by atoms with Gasteiger partial charge in [0.2, 0.25) is 0 Å². The van der Waals surface area contributed by atoms with E-state index in [2.05, 4.69) is 5.32 Å². The second-order valence-corrected chi connectivity index (χ2v) is 5.86. The van der Waals surface area contributed by atoms with Crippen LogP contribution in [0.5, 0.6) is 5.75 Å². The highest BCUT2D eigenvalue weighted by Gasteiger charge is 2.27. The first-order valence-electron chi connectivity index (χ1n) is 7.48. The van der Waals surface area contributed by atoms with Gasteiger partial charge in [0.1, 0.15) is 11.3 Å². The number of hydrogen-bond acceptors (Lipinski definition) is 5. The van der Waals surface area contributed by atoms with Gasteiger partial charge in [-0.05, 0) is 32.0 Å². The maximum Gasteiger partial charge on any atom is 0.333 e. The molecule has 0 bridgehead atoms. The summed E-state index contributed by atoms with van der Waals surface area (Å²) in [7, 11) is 0. The van der Waals surface area contributed by atoms with Crippen molar-refractivity contribution in [3.05, 3.63) is 63.2 Å². The van der Waals surface area contributed by atoms with Crippen LogP contribution in [0.3, 0.4) is 0 Å². The summed E-state index contributed by atoms with van der Waals surface area (Å²) < 4.78 is 5.31. The molecular weight excluding hydrogens is 332 g/mol. The number of hydrogen-bond donors (Lipinski definition) is 2. The molecule has 6 nitrogen and oxygen atoms in total. The van der Waals surface area contributed by atoms with E-state index in [-0.39, 0.29) is 23.7 Å². The zero-order valence-corrected chi connectivity index (χ0v) is 14.2. The van der Waals surface area contributed by atoms with Gasteiger partial charge in [-0.25, -0.2) is 0 Å². The number of aliphatic hydroxyl groups is 1. The van der Waals surface area contributed by atoms with Crippen molar-refractivity contribution in [2.24, 2.45) is 0 Å². The minimum absolute atomic E-state index is 0.0488. The summed E-state index contributed by atoms with van der Waals surface area (Å²) in [6.45, 7) is 3.72. The first kappa shape index (κ1) is 18.0. The molecule has 7 heteroatoms. The van der Waals surface area contributed by atoms with E-state index in [0.717, 1.165) is 0 Å². The van der Waals surface area contributed by atoms with Crippen LogP contribution in [0.25, 0.3) is 0 Å². The number of rotatable bonds is 7. The Hall–Kier alpha value is -2.31. The Labute approximate surface area is 145 Å². The second-order valence-electron chi connectivity index (χ2n) is 5.45. The summed E-state index contributed by atoms with van der Waals surface area (Å²) in [5, 5.41) is 25.4. The van der Waals surface area contributed by atoms with Gasteiger partial charge in [0.15, 0.2) is 5.75 Å². The molecule has 2 aromatic rings. The van der Waals surface area contributed by atoms with Gasteiger partial charge in [0.05, 0.1) is 11.5 Å². The van der Waals surface area contributed by atoms with E-state index >= 15 is 0 Å². The number of benzene rings is 2. The quantitative estimate of drug-likeness (QED) is 0.583. The largest absolute Gasteiger partial charge is 0.487 e. The van der Waals surface area contributed by atoms with Crippen LogP contribution in [-0.2, 0) is 5.60 Å². The van der Waals surface area contributed by atoms with E-state index in [9.17, 15) is 15.2 Å². The van der Waals surface area contributed by atoms with Crippen LogP contribution < -0.4 is 10.1 Å². The van der Waals surface area contributed by atoms with Gasteiger partial charge in [-0.15, -0.1) is 0 Å². The van der Waals surface area contributed by atoms with Crippen molar-refractivity contribution in [3.8, 4) is 5.75 Å². The van der Waals surface area contributed by atoms with Crippen molar-refractivity contribution in [3.63, 3.8) is 0 Å². The first-order chi connectivity index (χ1) is 11.4. The Balaban J connectivity index is 2.27. The number of nitrogens with one attached hydrogen (secondary N) is 1. The van der Waals surface area contributed by atoms with Crippen molar-refractivity contribution < 1.29 is 14.8 Å². The van der Waals surface area contributed by atoms with Crippen molar-refractivity contribution in [2.75, 3.05) is 18.5 Å². The average Bonchev–Trinajstić information content (AvgIpc) is 2.53. The lowest BCUT2D eigenvalue weighted by Gasteiger charge is -2.25. The monoisotopic (exact) mass is 350 g/mol. The molecule has 0 fully saturated rings. The number of nitro benzene ring substituents is 1. The smallest absolute Gasteiger partial charge is 0.333 e. The predicted octanol–water partition coefficient (Wildman–Crippen LogP) is 3.97. The summed E-state index contributed by atoms with van der Waals surface area (Å²) in [5.74, 6) is 0.185. The molecule has 0 saturated carbocycles. The van der Waals surface area contributed by atoms with Gasteiger partial charge in [0, 0.05) is 17.1 Å². The fraction of sp³-hybridized carbons (Fsp3) is 0.294. The first-order valence-corrected chi connectivity index (χ1v) is 7.86. The Kier molecular flexibility index (Phi) is 5.64. The molecule has 0 aliphatic heterocycles. The Bertz CT molecular complexity index is 734. The van der Waals surface area contributed by atoms with E-state index in [0.29, 0.717) is 17.2 Å². The minimum atomic E-state index is -1.30. The molecule has 0 aromatic heterocycles. The number of nitrogens with zero attached hydrogens (tertiary/aromatic N) is 1. The average molecular weight is 351 g/mol. The van der Waals surface area contributed by atoms with Gasteiger partial charge in [-0.1, -0.05) is 35.9 Å². The molecule has 0 aliphatic rings. The molecule has 2 N–H and O–H groups in total. The summed E-state index contributed by atoms with van der Waals surface area (Å²) >= 11 is 6.12. The number of halogens is 1. The molecule has 2 aromatic carbocycles. The molecule has 128 valence electrons. The molecule has 1 unspecified atom stereocenters. The van der Waals surface area contributed by atoms with Crippen LogP contribution >= 0.6 is 11.6 Å². The van der Waals surface area contributed by atoms with Crippen LogP contribution in [-0.4, -0.2) is 23.2 Å². The zero-order chi connectivity index (χ0) is 17.7. The lowest BCUT2D eigenvalue weighted by atomic mass is 9.96. The number of para-hydroxylation sites is 1. The minimum Gasteiger partial charge on any atom is -0.487 e. The molecule has 2 rings (SSSR count). The van der Waals surface area contributed by atoms with Gasteiger partial charge in [0.25, 0.3) is 0 Å². The predicted molar refractivity (Wildman–Crippen MR) is 93.8 cm³/mol. The van der Waals surface area contributed by atoms with Gasteiger partial charge < -0.3 is 15.2 Å². The van der Waals surface area contributed by atoms with Crippen LogP contribution in [0, 0.1) is 10.1 Å².